The van der Waals surface area contributed by atoms with E-state index in [4.69, 9.17) is 10.2 Å². The predicted octanol–water partition coefficient (Wildman–Crippen LogP) is 0.660. The van der Waals surface area contributed by atoms with Gasteiger partial charge in [0.25, 0.3) is 0 Å². The van der Waals surface area contributed by atoms with Crippen molar-refractivity contribution in [2.75, 3.05) is 0 Å². The molecule has 2 N–H and O–H groups in total. The highest BCUT2D eigenvalue weighted by atomic mass is 16.7. The zero-order valence-corrected chi connectivity index (χ0v) is 6.04. The fourth-order valence-electron chi connectivity index (χ4n) is 0.807. The maximum atomic E-state index is 10.1. The molecular formula is C7H7NO4. The summed E-state index contributed by atoms with van der Waals surface area (Å²) in [6, 6.07) is 5.31. The van der Waals surface area contributed by atoms with Gasteiger partial charge in [-0.25, -0.2) is 0 Å². The van der Waals surface area contributed by atoms with Crippen LogP contribution in [0.3, 0.4) is 0 Å². The van der Waals surface area contributed by atoms with Crippen molar-refractivity contribution in [2.24, 2.45) is 0 Å². The normalized spacial score (nSPS) is 12.4. The van der Waals surface area contributed by atoms with Crippen LogP contribution in [0.15, 0.2) is 24.3 Å². The van der Waals surface area contributed by atoms with Gasteiger partial charge in [-0.05, 0) is 18.2 Å². The largest absolute Gasteiger partial charge is 0.508 e. The van der Waals surface area contributed by atoms with Crippen molar-refractivity contribution < 1.29 is 15.1 Å². The second kappa shape index (κ2) is 3.19. The van der Waals surface area contributed by atoms with Gasteiger partial charge >= 0.3 is 6.23 Å². The van der Waals surface area contributed by atoms with E-state index < -0.39 is 11.2 Å². The number of phenolic OH excluding ortho intramolecular Hbond substituents is 1. The topological polar surface area (TPSA) is 83.6 Å². The average molecular weight is 169 g/mol. The Morgan fingerprint density at radius 1 is 1.50 bits per heavy atom. The average Bonchev–Trinajstić information content (AvgIpc) is 2.03. The van der Waals surface area contributed by atoms with Gasteiger partial charge in [0.2, 0.25) is 0 Å². The summed E-state index contributed by atoms with van der Waals surface area (Å²) < 4.78 is 0. The molecule has 0 radical (unpaired) electrons. The summed E-state index contributed by atoms with van der Waals surface area (Å²) in [5, 5.41) is 27.9. The Morgan fingerprint density at radius 2 is 2.17 bits per heavy atom. The molecule has 0 amide bonds. The van der Waals surface area contributed by atoms with Gasteiger partial charge in [0.1, 0.15) is 5.75 Å². The molecule has 1 unspecified atom stereocenters. The molecule has 0 spiro atoms. The minimum atomic E-state index is -1.77. The van der Waals surface area contributed by atoms with E-state index in [9.17, 15) is 10.1 Å². The molecule has 0 saturated carbocycles. The zero-order valence-electron chi connectivity index (χ0n) is 6.04. The van der Waals surface area contributed by atoms with Gasteiger partial charge in [-0.2, -0.15) is 0 Å². The summed E-state index contributed by atoms with van der Waals surface area (Å²) in [7, 11) is 0. The third-order valence-electron chi connectivity index (χ3n) is 1.37. The number of nitrogens with zero attached hydrogens (tertiary/aromatic N) is 1. The van der Waals surface area contributed by atoms with Gasteiger partial charge in [0.05, 0.1) is 10.5 Å². The zero-order chi connectivity index (χ0) is 9.14. The third kappa shape index (κ3) is 1.70. The molecule has 5 nitrogen and oxygen atoms in total. The molecule has 0 aromatic heterocycles. The van der Waals surface area contributed by atoms with Crippen molar-refractivity contribution in [3.05, 3.63) is 39.9 Å². The fraction of sp³-hybridized carbons (Fsp3) is 0.143. The number of aliphatic hydroxyl groups excluding tert-OH is 1. The fourth-order valence-corrected chi connectivity index (χ4v) is 0.807. The Morgan fingerprint density at radius 3 is 2.67 bits per heavy atom. The molecular weight excluding hydrogens is 162 g/mol. The number of benzene rings is 1. The lowest BCUT2D eigenvalue weighted by Crippen LogP contribution is -2.08. The van der Waals surface area contributed by atoms with Crippen LogP contribution in [0.2, 0.25) is 0 Å². The van der Waals surface area contributed by atoms with Crippen LogP contribution in [-0.4, -0.2) is 15.1 Å². The van der Waals surface area contributed by atoms with Crippen LogP contribution in [0.25, 0.3) is 0 Å². The Hall–Kier alpha value is -1.62. The molecule has 12 heavy (non-hydrogen) atoms. The molecule has 0 heterocycles. The van der Waals surface area contributed by atoms with Crippen molar-refractivity contribution in [3.8, 4) is 5.75 Å². The summed E-state index contributed by atoms with van der Waals surface area (Å²) in [6.07, 6.45) is -1.77. The minimum Gasteiger partial charge on any atom is -0.508 e. The number of nitro groups is 1. The maximum Gasteiger partial charge on any atom is 0.339 e. The molecule has 1 rings (SSSR count). The first-order chi connectivity index (χ1) is 5.61. The first kappa shape index (κ1) is 8.48. The number of hydrogen-bond acceptors (Lipinski definition) is 4. The lowest BCUT2D eigenvalue weighted by molar-refractivity contribution is -0.578. The molecule has 0 bridgehead atoms. The maximum absolute atomic E-state index is 10.1. The first-order valence-corrected chi connectivity index (χ1v) is 3.22. The van der Waals surface area contributed by atoms with Gasteiger partial charge in [-0.15, -0.1) is 0 Å². The summed E-state index contributed by atoms with van der Waals surface area (Å²) in [6.45, 7) is 0. The van der Waals surface area contributed by atoms with E-state index in [0.29, 0.717) is 0 Å². The van der Waals surface area contributed by atoms with Crippen molar-refractivity contribution in [1.29, 1.82) is 0 Å². The standard InChI is InChI=1S/C7H7NO4/c9-6-3-1-2-5(4-6)7(10)8(11)12/h1-4,7,9-10H. The second-order valence-corrected chi connectivity index (χ2v) is 2.25. The monoisotopic (exact) mass is 169 g/mol. The summed E-state index contributed by atoms with van der Waals surface area (Å²) in [5.41, 5.74) is 0.0694. The highest BCUT2D eigenvalue weighted by Crippen LogP contribution is 2.17. The molecule has 1 aromatic rings. The van der Waals surface area contributed by atoms with Crippen LogP contribution in [-0.2, 0) is 0 Å². The Kier molecular flexibility index (Phi) is 2.25. The Bertz CT molecular complexity index is 299. The predicted molar refractivity (Wildman–Crippen MR) is 40.1 cm³/mol. The van der Waals surface area contributed by atoms with E-state index in [2.05, 4.69) is 0 Å². The Balaban J connectivity index is 2.95. The molecule has 1 aromatic carbocycles. The first-order valence-electron chi connectivity index (χ1n) is 3.22. The van der Waals surface area contributed by atoms with Gasteiger partial charge in [0.15, 0.2) is 0 Å². The molecule has 5 heteroatoms. The molecule has 1 atom stereocenters. The summed E-state index contributed by atoms with van der Waals surface area (Å²) in [5.74, 6) is -0.103. The number of aliphatic hydroxyl groups is 1. The number of aromatic hydroxyl groups is 1. The highest BCUT2D eigenvalue weighted by Gasteiger charge is 2.17. The second-order valence-electron chi connectivity index (χ2n) is 2.25. The van der Waals surface area contributed by atoms with Crippen molar-refractivity contribution >= 4 is 0 Å². The third-order valence-corrected chi connectivity index (χ3v) is 1.37. The lowest BCUT2D eigenvalue weighted by Gasteiger charge is -2.01. The summed E-state index contributed by atoms with van der Waals surface area (Å²) >= 11 is 0. The minimum absolute atomic E-state index is 0.0694. The van der Waals surface area contributed by atoms with E-state index in [1.807, 2.05) is 0 Å². The van der Waals surface area contributed by atoms with E-state index in [-0.39, 0.29) is 11.3 Å². The smallest absolute Gasteiger partial charge is 0.339 e. The van der Waals surface area contributed by atoms with Crippen molar-refractivity contribution in [1.82, 2.24) is 0 Å². The SMILES string of the molecule is O=[N+]([O-])C(O)c1cccc(O)c1. The van der Waals surface area contributed by atoms with Gasteiger partial charge in [-0.3, -0.25) is 10.1 Å². The van der Waals surface area contributed by atoms with Crippen LogP contribution in [0.1, 0.15) is 11.8 Å². The number of hydrogen-bond donors (Lipinski definition) is 2. The van der Waals surface area contributed by atoms with Crippen LogP contribution < -0.4 is 0 Å². The molecule has 0 aliphatic rings. The lowest BCUT2D eigenvalue weighted by atomic mass is 10.2. The molecule has 0 saturated heterocycles. The molecule has 0 fully saturated rings. The van der Waals surface area contributed by atoms with Gasteiger partial charge in [0, 0.05) is 0 Å². The quantitative estimate of drug-likeness (QED) is 0.387. The molecule has 64 valence electrons. The molecule has 0 aliphatic heterocycles. The van der Waals surface area contributed by atoms with Gasteiger partial charge in [-0.1, -0.05) is 6.07 Å². The number of phenols is 1. The molecule has 0 aliphatic carbocycles. The van der Waals surface area contributed by atoms with E-state index >= 15 is 0 Å². The van der Waals surface area contributed by atoms with E-state index in [1.54, 1.807) is 0 Å². The van der Waals surface area contributed by atoms with E-state index in [1.165, 1.54) is 18.2 Å². The summed E-state index contributed by atoms with van der Waals surface area (Å²) in [4.78, 5) is 9.25. The van der Waals surface area contributed by atoms with E-state index in [0.717, 1.165) is 6.07 Å². The van der Waals surface area contributed by atoms with Crippen LogP contribution in [0, 0.1) is 10.1 Å². The van der Waals surface area contributed by atoms with Crippen molar-refractivity contribution in [3.63, 3.8) is 0 Å². The van der Waals surface area contributed by atoms with Crippen molar-refractivity contribution in [2.45, 2.75) is 6.23 Å². The van der Waals surface area contributed by atoms with Gasteiger partial charge < -0.3 is 10.2 Å². The number of rotatable bonds is 2. The highest BCUT2D eigenvalue weighted by molar-refractivity contribution is 5.27. The van der Waals surface area contributed by atoms with Crippen LogP contribution in [0.4, 0.5) is 0 Å². The van der Waals surface area contributed by atoms with Crippen LogP contribution >= 0.6 is 0 Å². The Labute approximate surface area is 68.0 Å². The van der Waals surface area contributed by atoms with Crippen LogP contribution in [0.5, 0.6) is 5.75 Å².